The number of rotatable bonds is 7. The molecule has 2 N–H and O–H groups in total. The van der Waals surface area contributed by atoms with E-state index in [0.29, 0.717) is 24.8 Å². The van der Waals surface area contributed by atoms with Crippen molar-refractivity contribution in [2.24, 2.45) is 5.92 Å². The maximum Gasteiger partial charge on any atom is 0.188 e. The number of hydrogen-bond donors (Lipinski definition) is 2. The molecule has 1 aliphatic carbocycles. The van der Waals surface area contributed by atoms with Gasteiger partial charge in [0, 0.05) is 0 Å². The predicted molar refractivity (Wildman–Crippen MR) is 95.5 cm³/mol. The summed E-state index contributed by atoms with van der Waals surface area (Å²) in [5.41, 5.74) is 1.39. The van der Waals surface area contributed by atoms with E-state index in [0.717, 1.165) is 17.6 Å². The summed E-state index contributed by atoms with van der Waals surface area (Å²) in [6, 6.07) is 0. The summed E-state index contributed by atoms with van der Waals surface area (Å²) in [5, 5.41) is 20.7. The van der Waals surface area contributed by atoms with E-state index in [1.54, 1.807) is 39.8 Å². The first-order chi connectivity index (χ1) is 11.0. The molecule has 1 aliphatic rings. The minimum atomic E-state index is -1.15. The Bertz CT molecular complexity index is 574. The Morgan fingerprint density at radius 3 is 2.58 bits per heavy atom. The van der Waals surface area contributed by atoms with Crippen LogP contribution < -0.4 is 0 Å². The molecule has 0 fully saturated rings. The van der Waals surface area contributed by atoms with E-state index in [2.05, 4.69) is 0 Å². The van der Waals surface area contributed by atoms with Crippen LogP contribution in [0.15, 0.2) is 34.9 Å². The molecule has 0 heterocycles. The fourth-order valence-electron chi connectivity index (χ4n) is 3.01. The SMILES string of the molecule is CC(C)=CC(=O)C(O)/C(C)=C/CC[C@](C)(O)C1CCC(C)=CC1=O. The second-order valence-corrected chi connectivity index (χ2v) is 7.35. The minimum absolute atomic E-state index is 0.0109. The predicted octanol–water partition coefficient (Wildman–Crippen LogP) is 3.29. The summed E-state index contributed by atoms with van der Waals surface area (Å²) in [6.45, 7) is 8.93. The summed E-state index contributed by atoms with van der Waals surface area (Å²) in [7, 11) is 0. The van der Waals surface area contributed by atoms with E-state index in [1.165, 1.54) is 6.08 Å². The maximum atomic E-state index is 12.1. The molecule has 0 aromatic heterocycles. The quantitative estimate of drug-likeness (QED) is 0.553. The molecule has 3 atom stereocenters. The molecule has 0 saturated carbocycles. The molecule has 24 heavy (non-hydrogen) atoms. The monoisotopic (exact) mass is 334 g/mol. The number of hydrogen-bond acceptors (Lipinski definition) is 4. The summed E-state index contributed by atoms with van der Waals surface area (Å²) in [5.74, 6) is -0.728. The third-order valence-electron chi connectivity index (χ3n) is 4.56. The smallest absolute Gasteiger partial charge is 0.188 e. The van der Waals surface area contributed by atoms with Gasteiger partial charge in [-0.2, -0.15) is 0 Å². The van der Waals surface area contributed by atoms with E-state index in [9.17, 15) is 19.8 Å². The van der Waals surface area contributed by atoms with Crippen molar-refractivity contribution in [1.29, 1.82) is 0 Å². The van der Waals surface area contributed by atoms with Gasteiger partial charge in [0.05, 0.1) is 11.5 Å². The third-order valence-corrected chi connectivity index (χ3v) is 4.56. The van der Waals surface area contributed by atoms with Crippen LogP contribution in [-0.4, -0.2) is 33.5 Å². The molecule has 0 spiro atoms. The highest BCUT2D eigenvalue weighted by Crippen LogP contribution is 2.32. The van der Waals surface area contributed by atoms with Crippen LogP contribution in [0.5, 0.6) is 0 Å². The molecule has 0 saturated heterocycles. The lowest BCUT2D eigenvalue weighted by Crippen LogP contribution is -2.40. The molecular weight excluding hydrogens is 304 g/mol. The van der Waals surface area contributed by atoms with Crippen molar-refractivity contribution in [3.8, 4) is 0 Å². The summed E-state index contributed by atoms with van der Waals surface area (Å²) in [4.78, 5) is 23.9. The second kappa shape index (κ2) is 8.54. The fraction of sp³-hybridized carbons (Fsp3) is 0.600. The van der Waals surface area contributed by atoms with Crippen molar-refractivity contribution < 1.29 is 19.8 Å². The van der Waals surface area contributed by atoms with Gasteiger partial charge in [0.1, 0.15) is 6.10 Å². The van der Waals surface area contributed by atoms with Crippen molar-refractivity contribution in [1.82, 2.24) is 0 Å². The Morgan fingerprint density at radius 2 is 2.04 bits per heavy atom. The van der Waals surface area contributed by atoms with Gasteiger partial charge in [0.15, 0.2) is 11.6 Å². The van der Waals surface area contributed by atoms with Crippen LogP contribution in [0, 0.1) is 5.92 Å². The molecule has 0 aromatic rings. The van der Waals surface area contributed by atoms with Crippen LogP contribution in [-0.2, 0) is 9.59 Å². The summed E-state index contributed by atoms with van der Waals surface area (Å²) >= 11 is 0. The molecule has 4 nitrogen and oxygen atoms in total. The first kappa shape index (κ1) is 20.5. The standard InChI is InChI=1S/C20H30O4/c1-13(2)11-18(22)19(23)15(4)7-6-10-20(5,24)16-9-8-14(3)12-17(16)21/h7,11-12,16,19,23-24H,6,8-10H2,1-5H3/b15-7+/t16?,19?,20-/m0/s1. The molecule has 0 bridgehead atoms. The number of allylic oxidation sites excluding steroid dienone is 4. The zero-order valence-electron chi connectivity index (χ0n) is 15.4. The highest BCUT2D eigenvalue weighted by Gasteiger charge is 2.37. The average molecular weight is 334 g/mol. The Kier molecular flexibility index (Phi) is 7.30. The third kappa shape index (κ3) is 5.84. The van der Waals surface area contributed by atoms with Gasteiger partial charge in [-0.3, -0.25) is 9.59 Å². The first-order valence-corrected chi connectivity index (χ1v) is 8.51. The van der Waals surface area contributed by atoms with Crippen LogP contribution in [0.1, 0.15) is 60.3 Å². The van der Waals surface area contributed by atoms with Crippen LogP contribution in [0.4, 0.5) is 0 Å². The fourth-order valence-corrected chi connectivity index (χ4v) is 3.01. The second-order valence-electron chi connectivity index (χ2n) is 7.35. The Balaban J connectivity index is 2.66. The van der Waals surface area contributed by atoms with Gasteiger partial charge in [-0.1, -0.05) is 17.2 Å². The minimum Gasteiger partial charge on any atom is -0.389 e. The molecular formula is C20H30O4. The summed E-state index contributed by atoms with van der Waals surface area (Å²) < 4.78 is 0. The Labute approximate surface area is 145 Å². The van der Waals surface area contributed by atoms with Gasteiger partial charge in [0.2, 0.25) is 0 Å². The number of aliphatic hydroxyl groups excluding tert-OH is 1. The number of ketones is 2. The zero-order valence-corrected chi connectivity index (χ0v) is 15.4. The average Bonchev–Trinajstić information content (AvgIpc) is 2.44. The Morgan fingerprint density at radius 1 is 1.42 bits per heavy atom. The van der Waals surface area contributed by atoms with E-state index in [1.807, 2.05) is 6.92 Å². The topological polar surface area (TPSA) is 74.6 Å². The molecule has 0 radical (unpaired) electrons. The number of aliphatic hydroxyl groups is 2. The highest BCUT2D eigenvalue weighted by atomic mass is 16.3. The lowest BCUT2D eigenvalue weighted by molar-refractivity contribution is -0.128. The van der Waals surface area contributed by atoms with Gasteiger partial charge >= 0.3 is 0 Å². The van der Waals surface area contributed by atoms with E-state index in [4.69, 9.17) is 0 Å². The molecule has 0 aromatic carbocycles. The molecule has 0 amide bonds. The lowest BCUT2D eigenvalue weighted by Gasteiger charge is -2.33. The lowest BCUT2D eigenvalue weighted by atomic mass is 9.75. The van der Waals surface area contributed by atoms with Crippen molar-refractivity contribution in [2.75, 3.05) is 0 Å². The molecule has 134 valence electrons. The van der Waals surface area contributed by atoms with Gasteiger partial charge in [-0.25, -0.2) is 0 Å². The first-order valence-electron chi connectivity index (χ1n) is 8.51. The van der Waals surface area contributed by atoms with Gasteiger partial charge < -0.3 is 10.2 Å². The van der Waals surface area contributed by atoms with Crippen LogP contribution >= 0.6 is 0 Å². The van der Waals surface area contributed by atoms with Gasteiger partial charge in [-0.05, 0) is 78.0 Å². The maximum absolute atomic E-state index is 12.1. The molecule has 2 unspecified atom stereocenters. The Hall–Kier alpha value is -1.52. The number of carbonyl (C=O) groups is 2. The van der Waals surface area contributed by atoms with Gasteiger partial charge in [-0.15, -0.1) is 0 Å². The van der Waals surface area contributed by atoms with Crippen molar-refractivity contribution >= 4 is 11.6 Å². The van der Waals surface area contributed by atoms with Crippen LogP contribution in [0.25, 0.3) is 0 Å². The highest BCUT2D eigenvalue weighted by molar-refractivity contribution is 5.96. The van der Waals surface area contributed by atoms with Gasteiger partial charge in [0.25, 0.3) is 0 Å². The normalized spacial score (nSPS) is 22.5. The van der Waals surface area contributed by atoms with Crippen molar-refractivity contribution in [3.63, 3.8) is 0 Å². The van der Waals surface area contributed by atoms with E-state index < -0.39 is 11.7 Å². The van der Waals surface area contributed by atoms with E-state index >= 15 is 0 Å². The number of carbonyl (C=O) groups excluding carboxylic acids is 2. The zero-order chi connectivity index (χ0) is 18.5. The summed E-state index contributed by atoms with van der Waals surface area (Å²) in [6.07, 6.45) is 6.09. The largest absolute Gasteiger partial charge is 0.389 e. The van der Waals surface area contributed by atoms with Crippen molar-refractivity contribution in [2.45, 2.75) is 72.0 Å². The molecule has 1 rings (SSSR count). The molecule has 4 heteroatoms. The van der Waals surface area contributed by atoms with Crippen LogP contribution in [0.2, 0.25) is 0 Å². The van der Waals surface area contributed by atoms with Crippen LogP contribution in [0.3, 0.4) is 0 Å². The van der Waals surface area contributed by atoms with Crippen molar-refractivity contribution in [3.05, 3.63) is 34.9 Å². The van der Waals surface area contributed by atoms with E-state index in [-0.39, 0.29) is 17.5 Å². The molecule has 0 aliphatic heterocycles.